The van der Waals surface area contributed by atoms with Crippen molar-refractivity contribution >= 4 is 39.9 Å². The van der Waals surface area contributed by atoms with E-state index < -0.39 is 18.1 Å². The van der Waals surface area contributed by atoms with Crippen LogP contribution < -0.4 is 24.3 Å². The molecule has 1 fully saturated rings. The monoisotopic (exact) mass is 596 g/mol. The molecule has 1 aliphatic heterocycles. The number of nitrogens with zero attached hydrogens (tertiary/aromatic N) is 3. The van der Waals surface area contributed by atoms with Crippen molar-refractivity contribution in [2.75, 3.05) is 32.6 Å². The molecule has 218 valence electrons. The number of hydrogen-bond donors (Lipinski definition) is 1. The molecule has 9 nitrogen and oxygen atoms in total. The number of benzene rings is 3. The van der Waals surface area contributed by atoms with Gasteiger partial charge >= 0.3 is 0 Å². The Morgan fingerprint density at radius 2 is 1.90 bits per heavy atom. The van der Waals surface area contributed by atoms with E-state index in [2.05, 4.69) is 21.9 Å². The minimum absolute atomic E-state index is 0.0964. The van der Waals surface area contributed by atoms with Crippen LogP contribution in [0.2, 0.25) is 5.02 Å². The highest BCUT2D eigenvalue weighted by atomic mass is 35.5. The van der Waals surface area contributed by atoms with Gasteiger partial charge in [-0.1, -0.05) is 24.2 Å². The standard InChI is InChI=1S/C30H27ClF2N4O5/c1-4-29(38)37-9-8-24(21(33)15-37)42-28-11-19-22(13-27(28)40-3)34-16-35-30(19)36-23-12-20(31)25(14-26(23)39-2)41-18-7-5-6-17(32)10-18/h4-7,10-14,16,21,24H,1,8-9,15H2,2-3H3,(H,34,35,36). The van der Waals surface area contributed by atoms with Crippen molar-refractivity contribution in [3.05, 3.63) is 78.4 Å². The molecule has 0 saturated carbocycles. The molecule has 0 radical (unpaired) electrons. The third-order valence-electron chi connectivity index (χ3n) is 6.70. The van der Waals surface area contributed by atoms with E-state index in [4.69, 9.17) is 30.5 Å². The number of carbonyl (C=O) groups is 1. The van der Waals surface area contributed by atoms with Gasteiger partial charge in [-0.2, -0.15) is 0 Å². The second-order valence-electron chi connectivity index (χ2n) is 9.36. The van der Waals surface area contributed by atoms with Crippen molar-refractivity contribution < 1.29 is 32.5 Å². The Bertz CT molecular complexity index is 1640. The second kappa shape index (κ2) is 12.5. The molecule has 12 heteroatoms. The highest BCUT2D eigenvalue weighted by molar-refractivity contribution is 6.32. The molecule has 42 heavy (non-hydrogen) atoms. The summed E-state index contributed by atoms with van der Waals surface area (Å²) in [4.78, 5) is 22.0. The molecule has 1 amide bonds. The largest absolute Gasteiger partial charge is 0.494 e. The first-order chi connectivity index (χ1) is 20.3. The molecular weight excluding hydrogens is 570 g/mol. The minimum Gasteiger partial charge on any atom is -0.494 e. The molecule has 1 saturated heterocycles. The molecule has 0 aliphatic carbocycles. The number of alkyl halides is 1. The number of aromatic nitrogens is 2. The zero-order valence-electron chi connectivity index (χ0n) is 22.8. The fourth-order valence-electron chi connectivity index (χ4n) is 4.59. The maximum Gasteiger partial charge on any atom is 0.246 e. The van der Waals surface area contributed by atoms with Gasteiger partial charge in [0.1, 0.15) is 41.3 Å². The zero-order chi connectivity index (χ0) is 29.8. The predicted molar refractivity (Wildman–Crippen MR) is 155 cm³/mol. The van der Waals surface area contributed by atoms with Gasteiger partial charge in [0.15, 0.2) is 17.7 Å². The van der Waals surface area contributed by atoms with E-state index in [1.807, 2.05) is 0 Å². The van der Waals surface area contributed by atoms with Gasteiger partial charge in [0.25, 0.3) is 0 Å². The van der Waals surface area contributed by atoms with E-state index in [1.54, 1.807) is 30.3 Å². The normalized spacial score (nSPS) is 16.5. The van der Waals surface area contributed by atoms with Crippen LogP contribution in [0.3, 0.4) is 0 Å². The quantitative estimate of drug-likeness (QED) is 0.219. The van der Waals surface area contributed by atoms with E-state index in [9.17, 15) is 9.18 Å². The van der Waals surface area contributed by atoms with Crippen LogP contribution in [0.5, 0.6) is 28.7 Å². The second-order valence-corrected chi connectivity index (χ2v) is 9.77. The third-order valence-corrected chi connectivity index (χ3v) is 6.99. The first-order valence-corrected chi connectivity index (χ1v) is 13.3. The van der Waals surface area contributed by atoms with Crippen LogP contribution in [0.4, 0.5) is 20.3 Å². The number of methoxy groups -OCH3 is 2. The lowest BCUT2D eigenvalue weighted by Gasteiger charge is -2.34. The third kappa shape index (κ3) is 6.15. The van der Waals surface area contributed by atoms with Gasteiger partial charge < -0.3 is 29.2 Å². The highest BCUT2D eigenvalue weighted by Crippen LogP contribution is 2.41. The molecule has 5 rings (SSSR count). The summed E-state index contributed by atoms with van der Waals surface area (Å²) in [6, 6.07) is 12.2. The maximum atomic E-state index is 15.0. The number of carbonyl (C=O) groups excluding carboxylic acids is 1. The van der Waals surface area contributed by atoms with E-state index in [1.165, 1.54) is 49.7 Å². The maximum absolute atomic E-state index is 15.0. The highest BCUT2D eigenvalue weighted by Gasteiger charge is 2.33. The lowest BCUT2D eigenvalue weighted by molar-refractivity contribution is -0.129. The molecule has 2 unspecified atom stereocenters. The topological polar surface area (TPSA) is 95.0 Å². The SMILES string of the molecule is C=CC(=O)N1CCC(Oc2cc3c(Nc4cc(Cl)c(Oc5cccc(F)c5)cc4OC)ncnc3cc2OC)C(F)C1. The fourth-order valence-corrected chi connectivity index (χ4v) is 4.79. The number of ether oxygens (including phenoxy) is 4. The van der Waals surface area contributed by atoms with Gasteiger partial charge in [-0.25, -0.2) is 18.7 Å². The summed E-state index contributed by atoms with van der Waals surface area (Å²) >= 11 is 6.51. The van der Waals surface area contributed by atoms with Crippen LogP contribution in [-0.2, 0) is 4.79 Å². The van der Waals surface area contributed by atoms with Gasteiger partial charge in [0.05, 0.1) is 37.0 Å². The van der Waals surface area contributed by atoms with E-state index in [0.717, 1.165) is 0 Å². The summed E-state index contributed by atoms with van der Waals surface area (Å²) in [6.45, 7) is 3.70. The number of hydrogen-bond acceptors (Lipinski definition) is 8. The lowest BCUT2D eigenvalue weighted by Crippen LogP contribution is -2.48. The van der Waals surface area contributed by atoms with Crippen molar-refractivity contribution in [2.45, 2.75) is 18.7 Å². The summed E-state index contributed by atoms with van der Waals surface area (Å²) in [5.74, 6) is 1.20. The molecule has 1 aromatic heterocycles. The minimum atomic E-state index is -1.41. The van der Waals surface area contributed by atoms with Crippen molar-refractivity contribution in [1.82, 2.24) is 14.9 Å². The Labute approximate surface area is 245 Å². The van der Waals surface area contributed by atoms with Gasteiger partial charge in [0, 0.05) is 36.6 Å². The smallest absolute Gasteiger partial charge is 0.246 e. The molecule has 2 heterocycles. The van der Waals surface area contributed by atoms with Gasteiger partial charge in [0.2, 0.25) is 5.91 Å². The number of piperidine rings is 1. The van der Waals surface area contributed by atoms with Crippen LogP contribution >= 0.6 is 11.6 Å². The lowest BCUT2D eigenvalue weighted by atomic mass is 10.1. The Kier molecular flexibility index (Phi) is 8.58. The van der Waals surface area contributed by atoms with Crippen LogP contribution in [0.1, 0.15) is 6.42 Å². The number of rotatable bonds is 9. The van der Waals surface area contributed by atoms with Gasteiger partial charge in [-0.3, -0.25) is 4.79 Å². The molecule has 0 bridgehead atoms. The average molecular weight is 597 g/mol. The molecule has 0 spiro atoms. The Balaban J connectivity index is 1.43. The van der Waals surface area contributed by atoms with Gasteiger partial charge in [-0.05, 0) is 30.3 Å². The van der Waals surface area contributed by atoms with Gasteiger partial charge in [-0.15, -0.1) is 0 Å². The first kappa shape index (κ1) is 28.9. The van der Waals surface area contributed by atoms with E-state index in [0.29, 0.717) is 46.2 Å². The number of fused-ring (bicyclic) bond motifs is 1. The molecule has 1 N–H and O–H groups in total. The molecule has 4 aromatic rings. The zero-order valence-corrected chi connectivity index (χ0v) is 23.5. The summed E-state index contributed by atoms with van der Waals surface area (Å²) in [5.41, 5.74) is 1.01. The number of halogens is 3. The van der Waals surface area contributed by atoms with Crippen molar-refractivity contribution in [2.24, 2.45) is 0 Å². The van der Waals surface area contributed by atoms with Crippen molar-refractivity contribution in [3.8, 4) is 28.7 Å². The Morgan fingerprint density at radius 3 is 2.62 bits per heavy atom. The summed E-state index contributed by atoms with van der Waals surface area (Å²) in [7, 11) is 2.96. The molecule has 3 aromatic carbocycles. The predicted octanol–water partition coefficient (Wildman–Crippen LogP) is 6.48. The van der Waals surface area contributed by atoms with E-state index >= 15 is 4.39 Å². The summed E-state index contributed by atoms with van der Waals surface area (Å²) in [5, 5.41) is 4.00. The summed E-state index contributed by atoms with van der Waals surface area (Å²) < 4.78 is 51.5. The Morgan fingerprint density at radius 1 is 1.10 bits per heavy atom. The molecular formula is C30H27ClF2N4O5. The van der Waals surface area contributed by atoms with Crippen LogP contribution in [0.15, 0.2) is 67.5 Å². The van der Waals surface area contributed by atoms with Crippen LogP contribution in [-0.4, -0.2) is 60.4 Å². The average Bonchev–Trinajstić information content (AvgIpc) is 2.99. The Hall–Kier alpha value is -4.64. The first-order valence-electron chi connectivity index (χ1n) is 12.9. The van der Waals surface area contributed by atoms with E-state index in [-0.39, 0.29) is 35.4 Å². The number of nitrogens with one attached hydrogen (secondary N) is 1. The van der Waals surface area contributed by atoms with Crippen LogP contribution in [0.25, 0.3) is 10.9 Å². The molecule has 2 atom stereocenters. The van der Waals surface area contributed by atoms with Crippen molar-refractivity contribution in [3.63, 3.8) is 0 Å². The summed E-state index contributed by atoms with van der Waals surface area (Å²) in [6.07, 6.45) is 0.632. The molecule has 1 aliphatic rings. The van der Waals surface area contributed by atoms with Crippen molar-refractivity contribution in [1.29, 1.82) is 0 Å². The number of amides is 1. The number of likely N-dealkylation sites (tertiary alicyclic amines) is 1. The fraction of sp³-hybridized carbons (Fsp3) is 0.233. The number of anilines is 2. The van der Waals surface area contributed by atoms with Crippen LogP contribution in [0, 0.1) is 5.82 Å².